The average molecular weight is 348 g/mol. The fraction of sp³-hybridized carbons (Fsp3) is 0.267. The number of benzene rings is 1. The van der Waals surface area contributed by atoms with Gasteiger partial charge in [-0.3, -0.25) is 4.57 Å². The van der Waals surface area contributed by atoms with Crippen LogP contribution in [-0.2, 0) is 12.3 Å². The highest BCUT2D eigenvalue weighted by Gasteiger charge is 2.10. The van der Waals surface area contributed by atoms with E-state index in [1.54, 1.807) is 23.0 Å². The minimum absolute atomic E-state index is 0.176. The number of hydrogen-bond acceptors (Lipinski definition) is 6. The number of rotatable bonds is 6. The van der Waals surface area contributed by atoms with E-state index in [1.165, 1.54) is 11.8 Å². The van der Waals surface area contributed by atoms with E-state index in [4.69, 9.17) is 4.74 Å². The first kappa shape index (κ1) is 15.8. The first-order chi connectivity index (χ1) is 11.2. The van der Waals surface area contributed by atoms with Crippen molar-refractivity contribution >= 4 is 23.1 Å². The van der Waals surface area contributed by atoms with Gasteiger partial charge >= 0.3 is 5.69 Å². The van der Waals surface area contributed by atoms with Gasteiger partial charge in [0.25, 0.3) is 0 Å². The second-order valence-electron chi connectivity index (χ2n) is 4.72. The van der Waals surface area contributed by atoms with Gasteiger partial charge in [-0.25, -0.2) is 14.9 Å². The molecule has 120 valence electrons. The zero-order valence-corrected chi connectivity index (χ0v) is 14.4. The van der Waals surface area contributed by atoms with E-state index in [0.29, 0.717) is 17.5 Å². The lowest BCUT2D eigenvalue weighted by Crippen LogP contribution is -2.16. The Labute approximate surface area is 141 Å². The molecule has 0 saturated carbocycles. The Morgan fingerprint density at radius 1 is 1.43 bits per heavy atom. The zero-order chi connectivity index (χ0) is 16.2. The molecule has 1 N–H and O–H groups in total. The minimum Gasteiger partial charge on any atom is -0.497 e. The van der Waals surface area contributed by atoms with Crippen molar-refractivity contribution in [2.45, 2.75) is 24.4 Å². The summed E-state index contributed by atoms with van der Waals surface area (Å²) in [5.41, 5.74) is 1.83. The summed E-state index contributed by atoms with van der Waals surface area (Å²) in [6.45, 7) is 2.52. The van der Waals surface area contributed by atoms with Gasteiger partial charge in [0, 0.05) is 23.2 Å². The topological polar surface area (TPSA) is 72.8 Å². The number of thiazole rings is 1. The molecule has 6 nitrogen and oxygen atoms in total. The Balaban J connectivity index is 1.73. The summed E-state index contributed by atoms with van der Waals surface area (Å²) >= 11 is 3.10. The van der Waals surface area contributed by atoms with Crippen molar-refractivity contribution in [2.75, 3.05) is 7.11 Å². The number of aromatic nitrogens is 4. The van der Waals surface area contributed by atoms with Gasteiger partial charge in [0.05, 0.1) is 12.8 Å². The van der Waals surface area contributed by atoms with Crippen molar-refractivity contribution in [1.29, 1.82) is 0 Å². The lowest BCUT2D eigenvalue weighted by atomic mass is 10.2. The monoisotopic (exact) mass is 348 g/mol. The van der Waals surface area contributed by atoms with E-state index in [0.717, 1.165) is 22.0 Å². The lowest BCUT2D eigenvalue weighted by molar-refractivity contribution is 0.415. The van der Waals surface area contributed by atoms with Gasteiger partial charge in [-0.1, -0.05) is 23.9 Å². The van der Waals surface area contributed by atoms with E-state index < -0.39 is 0 Å². The maximum absolute atomic E-state index is 11.5. The summed E-state index contributed by atoms with van der Waals surface area (Å²) in [7, 11) is 1.65. The molecule has 0 amide bonds. The highest BCUT2D eigenvalue weighted by molar-refractivity contribution is 7.98. The van der Waals surface area contributed by atoms with E-state index in [2.05, 4.69) is 15.2 Å². The fourth-order valence-corrected chi connectivity index (χ4v) is 3.92. The predicted molar refractivity (Wildman–Crippen MR) is 92.2 cm³/mol. The van der Waals surface area contributed by atoms with Crippen LogP contribution in [0.3, 0.4) is 0 Å². The third-order valence-corrected chi connectivity index (χ3v) is 5.21. The molecule has 0 bridgehead atoms. The molecule has 8 heteroatoms. The summed E-state index contributed by atoms with van der Waals surface area (Å²) in [6.07, 6.45) is 0. The van der Waals surface area contributed by atoms with Gasteiger partial charge in [0.2, 0.25) is 0 Å². The van der Waals surface area contributed by atoms with Crippen molar-refractivity contribution in [1.82, 2.24) is 19.7 Å². The molecule has 0 radical (unpaired) electrons. The quantitative estimate of drug-likeness (QED) is 0.693. The SMILES string of the molecule is CCn1c(SCc2csc(-c3cccc(OC)c3)n2)n[nH]c1=O. The first-order valence-corrected chi connectivity index (χ1v) is 8.94. The molecule has 0 aliphatic rings. The number of thioether (sulfide) groups is 1. The molecule has 1 aromatic carbocycles. The van der Waals surface area contributed by atoms with Gasteiger partial charge in [-0.15, -0.1) is 16.4 Å². The maximum Gasteiger partial charge on any atom is 0.343 e. The molecule has 0 fully saturated rings. The van der Waals surface area contributed by atoms with Gasteiger partial charge in [0.15, 0.2) is 5.16 Å². The minimum atomic E-state index is -0.176. The number of ether oxygens (including phenoxy) is 1. The molecule has 0 unspecified atom stereocenters. The maximum atomic E-state index is 11.5. The predicted octanol–water partition coefficient (Wildman–Crippen LogP) is 3.02. The van der Waals surface area contributed by atoms with Crippen LogP contribution >= 0.6 is 23.1 Å². The van der Waals surface area contributed by atoms with Crippen LogP contribution < -0.4 is 10.4 Å². The second kappa shape index (κ2) is 7.01. The summed E-state index contributed by atoms with van der Waals surface area (Å²) in [4.78, 5) is 16.2. The highest BCUT2D eigenvalue weighted by Crippen LogP contribution is 2.29. The van der Waals surface area contributed by atoms with Crippen molar-refractivity contribution in [3.05, 3.63) is 45.8 Å². The lowest BCUT2D eigenvalue weighted by Gasteiger charge is -2.01. The van der Waals surface area contributed by atoms with Crippen molar-refractivity contribution in [3.8, 4) is 16.3 Å². The molecular formula is C15H16N4O2S2. The Bertz CT molecular complexity index is 853. The molecule has 3 aromatic rings. The highest BCUT2D eigenvalue weighted by atomic mass is 32.2. The summed E-state index contributed by atoms with van der Waals surface area (Å²) < 4.78 is 6.86. The van der Waals surface area contributed by atoms with Crippen molar-refractivity contribution in [3.63, 3.8) is 0 Å². The molecule has 3 rings (SSSR count). The van der Waals surface area contributed by atoms with E-state index in [9.17, 15) is 4.79 Å². The van der Waals surface area contributed by atoms with Gasteiger partial charge < -0.3 is 4.74 Å². The summed E-state index contributed by atoms with van der Waals surface area (Å²) in [5, 5.41) is 10.2. The molecule has 2 heterocycles. The van der Waals surface area contributed by atoms with Crippen LogP contribution in [0.1, 0.15) is 12.6 Å². The smallest absolute Gasteiger partial charge is 0.343 e. The molecule has 0 saturated heterocycles. The number of H-pyrrole nitrogens is 1. The van der Waals surface area contributed by atoms with Crippen molar-refractivity contribution in [2.24, 2.45) is 0 Å². The molecule has 23 heavy (non-hydrogen) atoms. The molecule has 2 aromatic heterocycles. The van der Waals surface area contributed by atoms with Gasteiger partial charge in [0.1, 0.15) is 10.8 Å². The van der Waals surface area contributed by atoms with E-state index in [1.807, 2.05) is 36.6 Å². The standard InChI is InChI=1S/C15H16N4O2S2/c1-3-19-14(20)17-18-15(19)23-9-11-8-22-13(16-11)10-5-4-6-12(7-10)21-2/h4-8H,3,9H2,1-2H3,(H,17,20). The van der Waals surface area contributed by atoms with Crippen LogP contribution in [0, 0.1) is 0 Å². The number of aromatic amines is 1. The molecule has 0 atom stereocenters. The molecule has 0 spiro atoms. The molecule has 0 aliphatic carbocycles. The van der Waals surface area contributed by atoms with Crippen LogP contribution in [0.15, 0.2) is 39.6 Å². The first-order valence-electron chi connectivity index (χ1n) is 7.08. The second-order valence-corrected chi connectivity index (χ2v) is 6.52. The van der Waals surface area contributed by atoms with Gasteiger partial charge in [-0.05, 0) is 19.1 Å². The molecular weight excluding hydrogens is 332 g/mol. The van der Waals surface area contributed by atoms with Crippen LogP contribution in [0.4, 0.5) is 0 Å². The normalized spacial score (nSPS) is 10.9. The van der Waals surface area contributed by atoms with Crippen LogP contribution in [-0.4, -0.2) is 26.9 Å². The number of nitrogens with zero attached hydrogens (tertiary/aromatic N) is 3. The third-order valence-electron chi connectivity index (χ3n) is 3.26. The summed E-state index contributed by atoms with van der Waals surface area (Å²) in [6, 6.07) is 7.85. The van der Waals surface area contributed by atoms with E-state index in [-0.39, 0.29) is 5.69 Å². The Hall–Kier alpha value is -2.06. The van der Waals surface area contributed by atoms with E-state index >= 15 is 0 Å². The Morgan fingerprint density at radius 3 is 3.09 bits per heavy atom. The van der Waals surface area contributed by atoms with Gasteiger partial charge in [-0.2, -0.15) is 0 Å². The average Bonchev–Trinajstić information content (AvgIpc) is 3.19. The van der Waals surface area contributed by atoms with Crippen molar-refractivity contribution < 1.29 is 4.74 Å². The Morgan fingerprint density at radius 2 is 2.30 bits per heavy atom. The number of methoxy groups -OCH3 is 1. The summed E-state index contributed by atoms with van der Waals surface area (Å²) in [5.74, 6) is 1.49. The molecule has 0 aliphatic heterocycles. The third kappa shape index (κ3) is 3.48. The zero-order valence-electron chi connectivity index (χ0n) is 12.8. The number of nitrogens with one attached hydrogen (secondary N) is 1. The van der Waals surface area contributed by atoms with Crippen LogP contribution in [0.2, 0.25) is 0 Å². The fourth-order valence-electron chi connectivity index (χ4n) is 2.09. The van der Waals surface area contributed by atoms with Crippen LogP contribution in [0.25, 0.3) is 10.6 Å². The largest absolute Gasteiger partial charge is 0.497 e. The Kier molecular flexibility index (Phi) is 4.82. The van der Waals surface area contributed by atoms with Crippen LogP contribution in [0.5, 0.6) is 5.75 Å². The number of hydrogen-bond donors (Lipinski definition) is 1.